The Morgan fingerprint density at radius 3 is 2.82 bits per heavy atom. The molecule has 0 bridgehead atoms. The number of imide groups is 1. The maximum Gasteiger partial charge on any atom is 0.420 e. The van der Waals surface area contributed by atoms with Crippen molar-refractivity contribution in [1.82, 2.24) is 10.3 Å². The minimum atomic E-state index is -0.995. The summed E-state index contributed by atoms with van der Waals surface area (Å²) in [6.07, 6.45) is 0.420. The minimum absolute atomic E-state index is 0.0928. The van der Waals surface area contributed by atoms with E-state index in [4.69, 9.17) is 26.8 Å². The molecule has 0 aliphatic carbocycles. The third-order valence-corrected chi connectivity index (χ3v) is 2.61. The van der Waals surface area contributed by atoms with E-state index in [0.29, 0.717) is 10.8 Å². The van der Waals surface area contributed by atoms with E-state index in [2.05, 4.69) is 4.98 Å². The standard InChI is InChI=1S/C14H12ClN3O4/c15-9-3-1-4-10(7-9)21-11-5-2-6-17-13(11)22-14(20)18-12(19)8-16/h1-7H,8,16H2,(H,18,19,20). The van der Waals surface area contributed by atoms with Crippen LogP contribution in [0.25, 0.3) is 0 Å². The maximum atomic E-state index is 11.5. The van der Waals surface area contributed by atoms with Gasteiger partial charge in [-0.25, -0.2) is 9.78 Å². The van der Waals surface area contributed by atoms with Gasteiger partial charge in [0.15, 0.2) is 5.75 Å². The second-order valence-corrected chi connectivity index (χ2v) is 4.44. The number of hydrogen-bond donors (Lipinski definition) is 2. The molecule has 1 heterocycles. The van der Waals surface area contributed by atoms with Gasteiger partial charge in [0, 0.05) is 11.2 Å². The van der Waals surface area contributed by atoms with Gasteiger partial charge in [-0.05, 0) is 30.3 Å². The number of nitrogens with zero attached hydrogens (tertiary/aromatic N) is 1. The SMILES string of the molecule is NCC(=O)NC(=O)Oc1ncccc1Oc1cccc(Cl)c1. The van der Waals surface area contributed by atoms with Crippen LogP contribution in [0.4, 0.5) is 4.79 Å². The molecule has 0 saturated carbocycles. The summed E-state index contributed by atoms with van der Waals surface area (Å²) >= 11 is 5.87. The van der Waals surface area contributed by atoms with Gasteiger partial charge in [0.2, 0.25) is 5.91 Å². The van der Waals surface area contributed by atoms with Gasteiger partial charge in [0.25, 0.3) is 5.88 Å². The van der Waals surface area contributed by atoms with Crippen molar-refractivity contribution >= 4 is 23.6 Å². The third-order valence-electron chi connectivity index (χ3n) is 2.38. The van der Waals surface area contributed by atoms with Gasteiger partial charge in [-0.1, -0.05) is 17.7 Å². The Kier molecular flexibility index (Phi) is 5.29. The highest BCUT2D eigenvalue weighted by atomic mass is 35.5. The highest BCUT2D eigenvalue weighted by Gasteiger charge is 2.14. The number of pyridine rings is 1. The van der Waals surface area contributed by atoms with Crippen molar-refractivity contribution < 1.29 is 19.1 Å². The highest BCUT2D eigenvalue weighted by molar-refractivity contribution is 6.30. The van der Waals surface area contributed by atoms with Crippen LogP contribution in [-0.2, 0) is 4.79 Å². The summed E-state index contributed by atoms with van der Waals surface area (Å²) in [6, 6.07) is 9.84. The molecule has 0 fully saturated rings. The second kappa shape index (κ2) is 7.39. The Morgan fingerprint density at radius 1 is 1.27 bits per heavy atom. The van der Waals surface area contributed by atoms with E-state index in [1.165, 1.54) is 6.20 Å². The summed E-state index contributed by atoms with van der Waals surface area (Å²) < 4.78 is 10.5. The van der Waals surface area contributed by atoms with Gasteiger partial charge >= 0.3 is 6.09 Å². The number of amides is 2. The molecule has 8 heteroatoms. The van der Waals surface area contributed by atoms with E-state index in [1.807, 2.05) is 5.32 Å². The predicted octanol–water partition coefficient (Wildman–Crippen LogP) is 2.10. The molecule has 114 valence electrons. The molecule has 3 N–H and O–H groups in total. The predicted molar refractivity (Wildman–Crippen MR) is 79.0 cm³/mol. The first kappa shape index (κ1) is 15.7. The zero-order valence-electron chi connectivity index (χ0n) is 11.3. The van der Waals surface area contributed by atoms with Crippen LogP contribution in [-0.4, -0.2) is 23.5 Å². The largest absolute Gasteiger partial charge is 0.452 e. The van der Waals surface area contributed by atoms with Gasteiger partial charge in [-0.2, -0.15) is 0 Å². The maximum absolute atomic E-state index is 11.5. The lowest BCUT2D eigenvalue weighted by atomic mass is 10.3. The third kappa shape index (κ3) is 4.44. The number of rotatable bonds is 4. The van der Waals surface area contributed by atoms with Crippen LogP contribution in [0.2, 0.25) is 5.02 Å². The first-order valence-corrected chi connectivity index (χ1v) is 6.56. The Balaban J connectivity index is 2.13. The van der Waals surface area contributed by atoms with Gasteiger partial charge < -0.3 is 15.2 Å². The number of carbonyl (C=O) groups excluding carboxylic acids is 2. The molecule has 1 aromatic carbocycles. The molecule has 0 aliphatic heterocycles. The number of benzene rings is 1. The van der Waals surface area contributed by atoms with Crippen LogP contribution in [0.5, 0.6) is 17.4 Å². The average molecular weight is 322 g/mol. The van der Waals surface area contributed by atoms with Crippen molar-refractivity contribution in [3.63, 3.8) is 0 Å². The van der Waals surface area contributed by atoms with Crippen molar-refractivity contribution in [2.24, 2.45) is 5.73 Å². The Labute approximate surface area is 131 Å². The number of nitrogens with two attached hydrogens (primary N) is 1. The molecule has 2 amide bonds. The van der Waals surface area contributed by atoms with Crippen molar-refractivity contribution in [3.8, 4) is 17.4 Å². The highest BCUT2D eigenvalue weighted by Crippen LogP contribution is 2.30. The van der Waals surface area contributed by atoms with Gasteiger partial charge in [-0.15, -0.1) is 0 Å². The molecule has 1 aromatic heterocycles. The number of ether oxygens (including phenoxy) is 2. The van der Waals surface area contributed by atoms with Gasteiger partial charge in [0.1, 0.15) is 5.75 Å². The summed E-state index contributed by atoms with van der Waals surface area (Å²) in [6.45, 7) is -0.330. The summed E-state index contributed by atoms with van der Waals surface area (Å²) in [5.74, 6) is -0.119. The van der Waals surface area contributed by atoms with Crippen molar-refractivity contribution in [2.75, 3.05) is 6.54 Å². The van der Waals surface area contributed by atoms with E-state index >= 15 is 0 Å². The molecular formula is C14H12ClN3O4. The lowest BCUT2D eigenvalue weighted by molar-refractivity contribution is -0.118. The summed E-state index contributed by atoms with van der Waals surface area (Å²) in [4.78, 5) is 26.4. The average Bonchev–Trinajstić information content (AvgIpc) is 2.49. The summed E-state index contributed by atoms with van der Waals surface area (Å²) in [7, 11) is 0. The number of halogens is 1. The van der Waals surface area contributed by atoms with Crippen molar-refractivity contribution in [1.29, 1.82) is 0 Å². The van der Waals surface area contributed by atoms with Crippen LogP contribution in [0.3, 0.4) is 0 Å². The minimum Gasteiger partial charge on any atom is -0.452 e. The van der Waals surface area contributed by atoms with Crippen LogP contribution >= 0.6 is 11.6 Å². The lowest BCUT2D eigenvalue weighted by Gasteiger charge is -2.10. The number of hydrogen-bond acceptors (Lipinski definition) is 6. The molecule has 0 unspecified atom stereocenters. The van der Waals surface area contributed by atoms with Gasteiger partial charge in [0.05, 0.1) is 6.54 Å². The van der Waals surface area contributed by atoms with E-state index in [-0.39, 0.29) is 18.2 Å². The van der Waals surface area contributed by atoms with Gasteiger partial charge in [-0.3, -0.25) is 10.1 Å². The number of nitrogens with one attached hydrogen (secondary N) is 1. The van der Waals surface area contributed by atoms with Crippen molar-refractivity contribution in [2.45, 2.75) is 0 Å². The molecule has 7 nitrogen and oxygen atoms in total. The van der Waals surface area contributed by atoms with Crippen molar-refractivity contribution in [3.05, 3.63) is 47.6 Å². The fourth-order valence-corrected chi connectivity index (χ4v) is 1.65. The summed E-state index contributed by atoms with van der Waals surface area (Å²) in [5, 5.41) is 2.43. The Bertz CT molecular complexity index is 693. The Morgan fingerprint density at radius 2 is 2.09 bits per heavy atom. The zero-order chi connectivity index (χ0) is 15.9. The van der Waals surface area contributed by atoms with Crippen LogP contribution < -0.4 is 20.5 Å². The molecule has 0 aliphatic rings. The molecule has 2 aromatic rings. The first-order chi connectivity index (χ1) is 10.6. The molecule has 22 heavy (non-hydrogen) atoms. The van der Waals surface area contributed by atoms with Crippen LogP contribution in [0.15, 0.2) is 42.6 Å². The molecule has 0 atom stereocenters. The molecule has 0 saturated heterocycles. The number of aromatic nitrogens is 1. The van der Waals surface area contributed by atoms with Crippen LogP contribution in [0.1, 0.15) is 0 Å². The fourth-order valence-electron chi connectivity index (χ4n) is 1.47. The fraction of sp³-hybridized carbons (Fsp3) is 0.0714. The molecule has 0 radical (unpaired) electrons. The molecular weight excluding hydrogens is 310 g/mol. The normalized spacial score (nSPS) is 9.91. The van der Waals surface area contributed by atoms with E-state index < -0.39 is 12.0 Å². The quantitative estimate of drug-likeness (QED) is 0.893. The molecule has 2 rings (SSSR count). The number of carbonyl (C=O) groups is 2. The Hall–Kier alpha value is -2.64. The molecule has 0 spiro atoms. The van der Waals surface area contributed by atoms with E-state index in [1.54, 1.807) is 36.4 Å². The zero-order valence-corrected chi connectivity index (χ0v) is 12.0. The van der Waals surface area contributed by atoms with E-state index in [0.717, 1.165) is 0 Å². The smallest absolute Gasteiger partial charge is 0.420 e. The first-order valence-electron chi connectivity index (χ1n) is 6.18. The second-order valence-electron chi connectivity index (χ2n) is 4.01. The lowest BCUT2D eigenvalue weighted by Crippen LogP contribution is -2.37. The monoisotopic (exact) mass is 321 g/mol. The topological polar surface area (TPSA) is 104 Å². The van der Waals surface area contributed by atoms with Crippen LogP contribution in [0, 0.1) is 0 Å². The van der Waals surface area contributed by atoms with E-state index in [9.17, 15) is 9.59 Å². The summed E-state index contributed by atoms with van der Waals surface area (Å²) in [5.41, 5.74) is 5.09.